The van der Waals surface area contributed by atoms with E-state index in [0.29, 0.717) is 23.9 Å². The van der Waals surface area contributed by atoms with Crippen LogP contribution in [0, 0.1) is 13.8 Å². The Hall–Kier alpha value is -1.73. The second-order valence-corrected chi connectivity index (χ2v) is 5.73. The van der Waals surface area contributed by atoms with Gasteiger partial charge in [-0.2, -0.15) is 0 Å². The van der Waals surface area contributed by atoms with E-state index in [9.17, 15) is 9.90 Å². The van der Waals surface area contributed by atoms with Crippen molar-refractivity contribution < 1.29 is 14.6 Å². The molecule has 0 unspecified atom stereocenters. The van der Waals surface area contributed by atoms with Crippen LogP contribution in [0.15, 0.2) is 0 Å². The van der Waals surface area contributed by atoms with E-state index in [2.05, 4.69) is 14.9 Å². The van der Waals surface area contributed by atoms with E-state index >= 15 is 0 Å². The number of aromatic nitrogens is 2. The summed E-state index contributed by atoms with van der Waals surface area (Å²) < 4.78 is 5.36. The van der Waals surface area contributed by atoms with Crippen LogP contribution in [0.1, 0.15) is 21.1 Å². The lowest BCUT2D eigenvalue weighted by Crippen LogP contribution is -2.37. The van der Waals surface area contributed by atoms with Gasteiger partial charge in [-0.3, -0.25) is 0 Å². The van der Waals surface area contributed by atoms with Crippen LogP contribution in [0.25, 0.3) is 10.2 Å². The highest BCUT2D eigenvalue weighted by Gasteiger charge is 2.23. The molecule has 7 heteroatoms. The Kier molecular flexibility index (Phi) is 3.31. The molecule has 2 aromatic rings. The third-order valence-corrected chi connectivity index (χ3v) is 4.56. The first-order valence-electron chi connectivity index (χ1n) is 6.41. The number of carboxylic acids is 1. The highest BCUT2D eigenvalue weighted by molar-refractivity contribution is 7.20. The molecule has 3 rings (SSSR count). The van der Waals surface area contributed by atoms with E-state index in [1.54, 1.807) is 0 Å². The topological polar surface area (TPSA) is 75.6 Å². The lowest BCUT2D eigenvalue weighted by atomic mass is 10.2. The average molecular weight is 293 g/mol. The standard InChI is InChI=1S/C13H15N3O3S/c1-7-9-11(16-3-5-19-6-4-16)14-8(2)15-12(9)20-10(7)13(17)18/h3-6H2,1-2H3,(H,17,18). The van der Waals surface area contributed by atoms with Crippen molar-refractivity contribution in [2.75, 3.05) is 31.2 Å². The zero-order valence-electron chi connectivity index (χ0n) is 11.3. The number of nitrogens with zero attached hydrogens (tertiary/aromatic N) is 3. The quantitative estimate of drug-likeness (QED) is 0.910. The molecule has 3 heterocycles. The Bertz CT molecular complexity index is 677. The molecular formula is C13H15N3O3S. The zero-order valence-corrected chi connectivity index (χ0v) is 12.2. The number of aromatic carboxylic acids is 1. The predicted octanol–water partition coefficient (Wildman–Crippen LogP) is 1.84. The molecule has 0 saturated carbocycles. The van der Waals surface area contributed by atoms with Crippen molar-refractivity contribution in [3.05, 3.63) is 16.3 Å². The molecule has 0 radical (unpaired) electrons. The summed E-state index contributed by atoms with van der Waals surface area (Å²) in [6, 6.07) is 0. The van der Waals surface area contributed by atoms with Crippen molar-refractivity contribution in [1.82, 2.24) is 9.97 Å². The molecule has 0 bridgehead atoms. The van der Waals surface area contributed by atoms with Crippen molar-refractivity contribution in [2.45, 2.75) is 13.8 Å². The number of carbonyl (C=O) groups is 1. The molecule has 106 valence electrons. The largest absolute Gasteiger partial charge is 0.477 e. The van der Waals surface area contributed by atoms with Crippen LogP contribution in [0.4, 0.5) is 5.82 Å². The number of thiophene rings is 1. The number of anilines is 1. The summed E-state index contributed by atoms with van der Waals surface area (Å²) in [5, 5.41) is 10.1. The summed E-state index contributed by atoms with van der Waals surface area (Å²) in [6.45, 7) is 6.52. The van der Waals surface area contributed by atoms with Crippen LogP contribution >= 0.6 is 11.3 Å². The fourth-order valence-electron chi connectivity index (χ4n) is 2.43. The number of rotatable bonds is 2. The second kappa shape index (κ2) is 4.99. The summed E-state index contributed by atoms with van der Waals surface area (Å²) in [7, 11) is 0. The fourth-order valence-corrected chi connectivity index (χ4v) is 3.49. The smallest absolute Gasteiger partial charge is 0.346 e. The van der Waals surface area contributed by atoms with Crippen molar-refractivity contribution >= 4 is 33.3 Å². The molecule has 1 saturated heterocycles. The molecule has 0 atom stereocenters. The van der Waals surface area contributed by atoms with Gasteiger partial charge in [0.05, 0.1) is 18.6 Å². The molecule has 0 spiro atoms. The molecule has 0 aliphatic carbocycles. The maximum atomic E-state index is 11.3. The Labute approximate surface area is 120 Å². The van der Waals surface area contributed by atoms with Crippen molar-refractivity contribution in [2.24, 2.45) is 0 Å². The number of hydrogen-bond donors (Lipinski definition) is 1. The minimum Gasteiger partial charge on any atom is -0.477 e. The lowest BCUT2D eigenvalue weighted by Gasteiger charge is -2.28. The average Bonchev–Trinajstić information content (AvgIpc) is 2.76. The van der Waals surface area contributed by atoms with Gasteiger partial charge in [0.15, 0.2) is 0 Å². The van der Waals surface area contributed by atoms with Crippen LogP contribution in [-0.2, 0) is 4.74 Å². The number of carboxylic acid groups (broad SMARTS) is 1. The van der Waals surface area contributed by atoms with E-state index in [1.807, 2.05) is 13.8 Å². The Morgan fingerprint density at radius 3 is 2.65 bits per heavy atom. The van der Waals surface area contributed by atoms with Gasteiger partial charge >= 0.3 is 5.97 Å². The van der Waals surface area contributed by atoms with Gasteiger partial charge in [0.2, 0.25) is 0 Å². The summed E-state index contributed by atoms with van der Waals surface area (Å²) >= 11 is 1.22. The maximum Gasteiger partial charge on any atom is 0.346 e. The minimum absolute atomic E-state index is 0.342. The summed E-state index contributed by atoms with van der Waals surface area (Å²) in [4.78, 5) is 23.4. The van der Waals surface area contributed by atoms with Gasteiger partial charge in [0.1, 0.15) is 21.3 Å². The normalized spacial score (nSPS) is 15.8. The van der Waals surface area contributed by atoms with Crippen molar-refractivity contribution in [3.63, 3.8) is 0 Å². The van der Waals surface area contributed by atoms with Crippen molar-refractivity contribution in [3.8, 4) is 0 Å². The first-order valence-corrected chi connectivity index (χ1v) is 7.23. The van der Waals surface area contributed by atoms with E-state index in [4.69, 9.17) is 4.74 Å². The molecule has 2 aromatic heterocycles. The third-order valence-electron chi connectivity index (χ3n) is 3.39. The van der Waals surface area contributed by atoms with Gasteiger partial charge < -0.3 is 14.7 Å². The number of fused-ring (bicyclic) bond motifs is 1. The first kappa shape index (κ1) is 13.3. The van der Waals surface area contributed by atoms with Gasteiger partial charge in [-0.15, -0.1) is 11.3 Å². The Morgan fingerprint density at radius 1 is 1.30 bits per heavy atom. The SMILES string of the molecule is Cc1nc(N2CCOCC2)c2c(C)c(C(=O)O)sc2n1. The van der Waals surface area contributed by atoms with Gasteiger partial charge in [0, 0.05) is 13.1 Å². The van der Waals surface area contributed by atoms with Gasteiger partial charge in [-0.1, -0.05) is 0 Å². The minimum atomic E-state index is -0.906. The molecule has 6 nitrogen and oxygen atoms in total. The van der Waals surface area contributed by atoms with E-state index < -0.39 is 5.97 Å². The van der Waals surface area contributed by atoms with Crippen molar-refractivity contribution in [1.29, 1.82) is 0 Å². The van der Waals surface area contributed by atoms with Crippen LogP contribution in [0.2, 0.25) is 0 Å². The van der Waals surface area contributed by atoms with E-state index in [1.165, 1.54) is 11.3 Å². The zero-order chi connectivity index (χ0) is 14.3. The molecule has 0 amide bonds. The monoisotopic (exact) mass is 293 g/mol. The van der Waals surface area contributed by atoms with Crippen LogP contribution in [-0.4, -0.2) is 47.3 Å². The second-order valence-electron chi connectivity index (χ2n) is 4.74. The highest BCUT2D eigenvalue weighted by atomic mass is 32.1. The predicted molar refractivity (Wildman–Crippen MR) is 76.9 cm³/mol. The van der Waals surface area contributed by atoms with Crippen LogP contribution in [0.5, 0.6) is 0 Å². The number of morpholine rings is 1. The summed E-state index contributed by atoms with van der Waals surface area (Å²) in [5.41, 5.74) is 0.749. The van der Waals surface area contributed by atoms with Gasteiger partial charge in [-0.05, 0) is 19.4 Å². The fraction of sp³-hybridized carbons (Fsp3) is 0.462. The Morgan fingerprint density at radius 2 is 2.00 bits per heavy atom. The molecule has 1 N–H and O–H groups in total. The van der Waals surface area contributed by atoms with Gasteiger partial charge in [-0.25, -0.2) is 14.8 Å². The van der Waals surface area contributed by atoms with E-state index in [0.717, 1.165) is 34.7 Å². The summed E-state index contributed by atoms with van der Waals surface area (Å²) in [6.07, 6.45) is 0. The number of aryl methyl sites for hydroxylation is 2. The molecule has 1 fully saturated rings. The van der Waals surface area contributed by atoms with Crippen LogP contribution in [0.3, 0.4) is 0 Å². The van der Waals surface area contributed by atoms with Gasteiger partial charge in [0.25, 0.3) is 0 Å². The molecular weight excluding hydrogens is 278 g/mol. The third kappa shape index (κ3) is 2.12. The number of ether oxygens (including phenoxy) is 1. The molecule has 1 aliphatic heterocycles. The Balaban J connectivity index is 2.21. The van der Waals surface area contributed by atoms with E-state index in [-0.39, 0.29) is 0 Å². The maximum absolute atomic E-state index is 11.3. The highest BCUT2D eigenvalue weighted by Crippen LogP contribution is 2.35. The summed E-state index contributed by atoms with van der Waals surface area (Å²) in [5.74, 6) is 0.588. The molecule has 0 aromatic carbocycles. The number of hydrogen-bond acceptors (Lipinski definition) is 6. The first-order chi connectivity index (χ1) is 9.58. The molecule has 20 heavy (non-hydrogen) atoms. The lowest BCUT2D eigenvalue weighted by molar-refractivity contribution is 0.0701. The molecule has 1 aliphatic rings. The van der Waals surface area contributed by atoms with Crippen LogP contribution < -0.4 is 4.90 Å².